The Labute approximate surface area is 379 Å². The van der Waals surface area contributed by atoms with E-state index in [1.807, 2.05) is 0 Å². The van der Waals surface area contributed by atoms with E-state index in [1.165, 1.54) is 76.5 Å². The van der Waals surface area contributed by atoms with Crippen molar-refractivity contribution in [3.8, 4) is 45.3 Å². The summed E-state index contributed by atoms with van der Waals surface area (Å²) in [6.07, 6.45) is 0. The maximum Gasteiger partial charge on any atom is 0.145 e. The molecule has 10 aromatic carbocycles. The first kappa shape index (κ1) is 36.5. The minimum atomic E-state index is 0.925. The van der Waals surface area contributed by atoms with Crippen molar-refractivity contribution in [3.63, 3.8) is 0 Å². The topological polar surface area (TPSA) is 32.6 Å². The van der Waals surface area contributed by atoms with Crippen LogP contribution in [0.3, 0.4) is 0 Å². The Morgan fingerprint density at radius 2 is 0.591 bits per heavy atom. The SMILES string of the molecule is c1ccc(-n2c(-c3ccc(-n4c5ccccc5c5cc(-c6ccc7c(c6)c6ccccc6n7-c6ccc7c(c6)c6ccccc6n7-c6ccccc6)ccc54)cc3)nc3ccccc32)cc1. The van der Waals surface area contributed by atoms with Gasteiger partial charge in [-0.25, -0.2) is 4.98 Å². The van der Waals surface area contributed by atoms with Crippen LogP contribution < -0.4 is 0 Å². The molecule has 66 heavy (non-hydrogen) atoms. The molecule has 0 unspecified atom stereocenters. The summed E-state index contributed by atoms with van der Waals surface area (Å²) in [7, 11) is 0. The van der Waals surface area contributed by atoms with E-state index >= 15 is 0 Å². The molecule has 0 atom stereocenters. The molecule has 5 nitrogen and oxygen atoms in total. The van der Waals surface area contributed by atoms with Gasteiger partial charge in [0, 0.05) is 60.6 Å². The molecule has 0 bridgehead atoms. The Morgan fingerprint density at radius 3 is 1.14 bits per heavy atom. The fourth-order valence-electron chi connectivity index (χ4n) is 10.6. The van der Waals surface area contributed by atoms with E-state index < -0.39 is 0 Å². The molecule has 0 spiro atoms. The summed E-state index contributed by atoms with van der Waals surface area (Å²) in [6.45, 7) is 0. The summed E-state index contributed by atoms with van der Waals surface area (Å²) in [5, 5.41) is 7.41. The van der Waals surface area contributed by atoms with Gasteiger partial charge in [-0.1, -0.05) is 115 Å². The third-order valence-corrected chi connectivity index (χ3v) is 13.6. The average molecular weight is 842 g/mol. The smallest absolute Gasteiger partial charge is 0.145 e. The monoisotopic (exact) mass is 841 g/mol. The molecule has 14 aromatic rings. The second-order valence-electron chi connectivity index (χ2n) is 17.2. The number of aromatic nitrogens is 5. The quantitative estimate of drug-likeness (QED) is 0.164. The molecule has 0 saturated carbocycles. The Hall–Kier alpha value is -8.93. The standard InChI is InChI=1S/C61H39N5/c1-3-15-43(16-4-1)63-55-24-12-9-21-49(55)52-39-46(33-36-59(52)63)65-56-25-13-8-20-48(56)51-38-42(30-35-58(51)65)41-29-34-57-50(37-41)47-19-7-11-23-54(47)64(57)45-31-27-40(28-32-45)61-62-53-22-10-14-26-60(53)66(61)44-17-5-2-6-18-44/h1-39H. The van der Waals surface area contributed by atoms with E-state index in [-0.39, 0.29) is 0 Å². The molecule has 0 amide bonds. The highest BCUT2D eigenvalue weighted by molar-refractivity contribution is 6.14. The van der Waals surface area contributed by atoms with Crippen LogP contribution in [-0.4, -0.2) is 23.3 Å². The van der Waals surface area contributed by atoms with Gasteiger partial charge in [0.2, 0.25) is 0 Å². The minimum absolute atomic E-state index is 0.925. The van der Waals surface area contributed by atoms with Crippen molar-refractivity contribution in [3.05, 3.63) is 237 Å². The van der Waals surface area contributed by atoms with Crippen LogP contribution in [0.25, 0.3) is 122 Å². The van der Waals surface area contributed by atoms with E-state index in [4.69, 9.17) is 4.98 Å². The summed E-state index contributed by atoms with van der Waals surface area (Å²) >= 11 is 0. The highest BCUT2D eigenvalue weighted by Gasteiger charge is 2.19. The van der Waals surface area contributed by atoms with Crippen molar-refractivity contribution in [1.29, 1.82) is 0 Å². The third kappa shape index (κ3) is 5.44. The number of nitrogens with zero attached hydrogens (tertiary/aromatic N) is 5. The lowest BCUT2D eigenvalue weighted by Crippen LogP contribution is -1.98. The van der Waals surface area contributed by atoms with Gasteiger partial charge in [-0.3, -0.25) is 4.57 Å². The molecule has 0 fully saturated rings. The molecule has 4 aromatic heterocycles. The lowest BCUT2D eigenvalue weighted by molar-refractivity contribution is 1.10. The molecular formula is C61H39N5. The maximum atomic E-state index is 5.13. The van der Waals surface area contributed by atoms with E-state index in [0.29, 0.717) is 0 Å². The number of hydrogen-bond donors (Lipinski definition) is 0. The first-order chi connectivity index (χ1) is 32.7. The highest BCUT2D eigenvalue weighted by atomic mass is 15.1. The number of fused-ring (bicyclic) bond motifs is 10. The summed E-state index contributed by atoms with van der Waals surface area (Å²) in [6, 6.07) is 85.6. The Balaban J connectivity index is 0.875. The van der Waals surface area contributed by atoms with Gasteiger partial charge >= 0.3 is 0 Å². The number of benzene rings is 10. The summed E-state index contributed by atoms with van der Waals surface area (Å²) in [5.74, 6) is 0.925. The first-order valence-electron chi connectivity index (χ1n) is 22.5. The maximum absolute atomic E-state index is 5.13. The van der Waals surface area contributed by atoms with Gasteiger partial charge in [0.25, 0.3) is 0 Å². The number of hydrogen-bond acceptors (Lipinski definition) is 1. The van der Waals surface area contributed by atoms with Crippen LogP contribution in [0.4, 0.5) is 0 Å². The first-order valence-corrected chi connectivity index (χ1v) is 22.5. The zero-order valence-electron chi connectivity index (χ0n) is 35.8. The van der Waals surface area contributed by atoms with E-state index in [2.05, 4.69) is 255 Å². The number of imidazole rings is 1. The van der Waals surface area contributed by atoms with Crippen molar-refractivity contribution < 1.29 is 0 Å². The fourth-order valence-corrected chi connectivity index (χ4v) is 10.6. The molecule has 0 aliphatic rings. The van der Waals surface area contributed by atoms with Crippen LogP contribution in [0.15, 0.2) is 237 Å². The lowest BCUT2D eigenvalue weighted by Gasteiger charge is -2.12. The minimum Gasteiger partial charge on any atom is -0.309 e. The van der Waals surface area contributed by atoms with E-state index in [0.717, 1.165) is 45.2 Å². The van der Waals surface area contributed by atoms with E-state index in [1.54, 1.807) is 0 Å². The van der Waals surface area contributed by atoms with Gasteiger partial charge in [0.15, 0.2) is 0 Å². The molecule has 0 aliphatic carbocycles. The molecule has 5 heteroatoms. The summed E-state index contributed by atoms with van der Waals surface area (Å²) < 4.78 is 9.46. The van der Waals surface area contributed by atoms with Crippen LogP contribution in [0.5, 0.6) is 0 Å². The van der Waals surface area contributed by atoms with Crippen LogP contribution in [-0.2, 0) is 0 Å². The molecule has 0 aliphatic heterocycles. The van der Waals surface area contributed by atoms with Crippen LogP contribution in [0.2, 0.25) is 0 Å². The van der Waals surface area contributed by atoms with Crippen LogP contribution in [0, 0.1) is 0 Å². The zero-order chi connectivity index (χ0) is 43.3. The zero-order valence-corrected chi connectivity index (χ0v) is 35.8. The Bertz CT molecular complexity index is 4200. The van der Waals surface area contributed by atoms with Gasteiger partial charge in [-0.2, -0.15) is 0 Å². The lowest BCUT2D eigenvalue weighted by atomic mass is 10.0. The van der Waals surface area contributed by atoms with Gasteiger partial charge in [-0.05, 0) is 132 Å². The van der Waals surface area contributed by atoms with Crippen molar-refractivity contribution in [1.82, 2.24) is 23.3 Å². The van der Waals surface area contributed by atoms with Crippen LogP contribution in [0.1, 0.15) is 0 Å². The predicted molar refractivity (Wildman–Crippen MR) is 275 cm³/mol. The number of para-hydroxylation sites is 7. The van der Waals surface area contributed by atoms with Crippen LogP contribution >= 0.6 is 0 Å². The Kier molecular flexibility index (Phi) is 7.91. The van der Waals surface area contributed by atoms with Gasteiger partial charge in [0.05, 0.1) is 44.1 Å². The highest BCUT2D eigenvalue weighted by Crippen LogP contribution is 2.40. The van der Waals surface area contributed by atoms with Gasteiger partial charge in [0.1, 0.15) is 5.82 Å². The third-order valence-electron chi connectivity index (χ3n) is 13.6. The normalized spacial score (nSPS) is 11.9. The van der Waals surface area contributed by atoms with E-state index in [9.17, 15) is 0 Å². The molecule has 14 rings (SSSR count). The summed E-state index contributed by atoms with van der Waals surface area (Å²) in [4.78, 5) is 5.13. The molecule has 4 heterocycles. The van der Waals surface area contributed by atoms with Crippen molar-refractivity contribution >= 4 is 76.5 Å². The second-order valence-corrected chi connectivity index (χ2v) is 17.2. The molecule has 0 N–H and O–H groups in total. The number of rotatable bonds is 6. The molecular weight excluding hydrogens is 803 g/mol. The van der Waals surface area contributed by atoms with Crippen molar-refractivity contribution in [2.75, 3.05) is 0 Å². The largest absolute Gasteiger partial charge is 0.309 e. The summed E-state index contributed by atoms with van der Waals surface area (Å²) in [5.41, 5.74) is 17.2. The van der Waals surface area contributed by atoms with Crippen molar-refractivity contribution in [2.24, 2.45) is 0 Å². The Morgan fingerprint density at radius 1 is 0.227 bits per heavy atom. The molecule has 0 radical (unpaired) electrons. The van der Waals surface area contributed by atoms with Crippen molar-refractivity contribution in [2.45, 2.75) is 0 Å². The average Bonchev–Trinajstić information content (AvgIpc) is 4.13. The second kappa shape index (κ2) is 14.3. The predicted octanol–water partition coefficient (Wildman–Crippen LogP) is 15.7. The fraction of sp³-hybridized carbons (Fsp3) is 0. The van der Waals surface area contributed by atoms with Gasteiger partial charge < -0.3 is 13.7 Å². The molecule has 0 saturated heterocycles. The van der Waals surface area contributed by atoms with Gasteiger partial charge in [-0.15, -0.1) is 0 Å². The molecule has 308 valence electrons.